The fraction of sp³-hybridized carbons (Fsp3) is 0. The number of fused-ring (bicyclic) bond motifs is 12. The third-order valence-corrected chi connectivity index (χ3v) is 12.7. The van der Waals surface area contributed by atoms with Gasteiger partial charge in [0.15, 0.2) is 23.1 Å². The summed E-state index contributed by atoms with van der Waals surface area (Å²) >= 11 is 0. The monoisotopic (exact) mass is 820 g/mol. The van der Waals surface area contributed by atoms with Crippen molar-refractivity contribution in [3.05, 3.63) is 194 Å². The van der Waals surface area contributed by atoms with Crippen LogP contribution in [0.25, 0.3) is 139 Å². The molecule has 7 nitrogen and oxygen atoms in total. The maximum absolute atomic E-state index is 6.80. The predicted octanol–water partition coefficient (Wildman–Crippen LogP) is 15.3. The second-order valence-corrected chi connectivity index (χ2v) is 16.3. The van der Waals surface area contributed by atoms with E-state index in [1.807, 2.05) is 72.8 Å². The summed E-state index contributed by atoms with van der Waals surface area (Å²) in [5.41, 5.74) is 12.8. The average Bonchev–Trinajstić information content (AvgIpc) is 4.12. The van der Waals surface area contributed by atoms with Gasteiger partial charge in [0.1, 0.15) is 27.9 Å². The first kappa shape index (κ1) is 34.9. The normalized spacial score (nSPS) is 12.1. The van der Waals surface area contributed by atoms with Gasteiger partial charge in [0.2, 0.25) is 0 Å². The summed E-state index contributed by atoms with van der Waals surface area (Å²) in [5, 5.41) is 8.71. The average molecular weight is 821 g/mol. The molecule has 0 aliphatic carbocycles. The standard InChI is InChI=1S/C57H32N4O3/c1-2-12-33(13-3-1)55-58-56(35-23-26-41-40-16-6-10-20-48(40)62-51(41)31-35)60-57(59-55)36-24-27-43-42-25-22-34(30-50(42)63-52(43)32-36)37-28-29-47(54-53(37)44-17-7-11-21-49(44)64-54)61-45-18-8-4-14-38(45)39-15-5-9-19-46(39)61/h1-32H. The number of aromatic nitrogens is 4. The van der Waals surface area contributed by atoms with Gasteiger partial charge in [-0.3, -0.25) is 0 Å². The van der Waals surface area contributed by atoms with E-state index >= 15 is 0 Å². The van der Waals surface area contributed by atoms with E-state index in [0.717, 1.165) is 110 Å². The Morgan fingerprint density at radius 1 is 0.312 bits per heavy atom. The third-order valence-electron chi connectivity index (χ3n) is 12.7. The Hall–Kier alpha value is -8.81. The number of para-hydroxylation sites is 4. The van der Waals surface area contributed by atoms with E-state index in [4.69, 9.17) is 28.2 Å². The fourth-order valence-electron chi connectivity index (χ4n) is 9.71. The first-order valence-electron chi connectivity index (χ1n) is 21.3. The van der Waals surface area contributed by atoms with E-state index in [1.54, 1.807) is 0 Å². The lowest BCUT2D eigenvalue weighted by atomic mass is 9.97. The van der Waals surface area contributed by atoms with Crippen molar-refractivity contribution in [1.82, 2.24) is 19.5 Å². The molecule has 14 rings (SSSR count). The maximum Gasteiger partial charge on any atom is 0.164 e. The van der Waals surface area contributed by atoms with E-state index in [9.17, 15) is 0 Å². The summed E-state index contributed by atoms with van der Waals surface area (Å²) in [6.45, 7) is 0. The van der Waals surface area contributed by atoms with Gasteiger partial charge in [0.05, 0.1) is 16.7 Å². The fourth-order valence-corrected chi connectivity index (χ4v) is 9.71. The quantitative estimate of drug-likeness (QED) is 0.172. The summed E-state index contributed by atoms with van der Waals surface area (Å²) in [4.78, 5) is 15.1. The van der Waals surface area contributed by atoms with Crippen LogP contribution < -0.4 is 0 Å². The molecule has 7 heteroatoms. The van der Waals surface area contributed by atoms with Crippen LogP contribution >= 0.6 is 0 Å². The Labute approximate surface area is 364 Å². The molecule has 5 aromatic heterocycles. The van der Waals surface area contributed by atoms with Gasteiger partial charge in [-0.05, 0) is 77.9 Å². The lowest BCUT2D eigenvalue weighted by Gasteiger charge is -2.11. The zero-order valence-corrected chi connectivity index (χ0v) is 34.0. The Kier molecular flexibility index (Phi) is 7.27. The minimum atomic E-state index is 0.550. The first-order chi connectivity index (χ1) is 31.7. The molecule has 0 aliphatic rings. The molecule has 0 amide bonds. The molecule has 0 N–H and O–H groups in total. The molecule has 298 valence electrons. The van der Waals surface area contributed by atoms with Crippen LogP contribution in [0.5, 0.6) is 0 Å². The molecule has 5 heterocycles. The van der Waals surface area contributed by atoms with Crippen LogP contribution in [0.3, 0.4) is 0 Å². The number of benzene rings is 9. The van der Waals surface area contributed by atoms with Gasteiger partial charge in [0.25, 0.3) is 0 Å². The van der Waals surface area contributed by atoms with E-state index in [2.05, 4.69) is 126 Å². The van der Waals surface area contributed by atoms with Crippen LogP contribution in [0, 0.1) is 0 Å². The van der Waals surface area contributed by atoms with Gasteiger partial charge in [-0.2, -0.15) is 0 Å². The summed E-state index contributed by atoms with van der Waals surface area (Å²) in [5.74, 6) is 1.69. The highest BCUT2D eigenvalue weighted by Gasteiger charge is 2.22. The van der Waals surface area contributed by atoms with Gasteiger partial charge in [-0.25, -0.2) is 15.0 Å². The maximum atomic E-state index is 6.80. The highest BCUT2D eigenvalue weighted by Crippen LogP contribution is 2.44. The molecule has 9 aromatic carbocycles. The summed E-state index contributed by atoms with van der Waals surface area (Å²) < 4.78 is 22.1. The molecular weight excluding hydrogens is 789 g/mol. The smallest absolute Gasteiger partial charge is 0.164 e. The number of rotatable bonds is 5. The van der Waals surface area contributed by atoms with Gasteiger partial charge < -0.3 is 17.8 Å². The Balaban J connectivity index is 0.905. The summed E-state index contributed by atoms with van der Waals surface area (Å²) in [6.07, 6.45) is 0. The SMILES string of the molecule is c1ccc(-c2nc(-c3ccc4c(c3)oc3ccccc34)nc(-c3ccc4c(c3)oc3cc(-c5ccc(-n6c7ccccc7c7ccccc76)c6oc7ccccc7c56)ccc34)n2)cc1. The molecule has 0 spiro atoms. The van der Waals surface area contributed by atoms with E-state index < -0.39 is 0 Å². The van der Waals surface area contributed by atoms with Gasteiger partial charge in [-0.15, -0.1) is 0 Å². The van der Waals surface area contributed by atoms with Crippen molar-refractivity contribution in [3.63, 3.8) is 0 Å². The third kappa shape index (κ3) is 5.18. The molecule has 0 saturated carbocycles. The summed E-state index contributed by atoms with van der Waals surface area (Å²) in [6, 6.07) is 66.8. The number of hydrogen-bond acceptors (Lipinski definition) is 6. The largest absolute Gasteiger partial charge is 0.456 e. The van der Waals surface area contributed by atoms with E-state index in [-0.39, 0.29) is 0 Å². The number of hydrogen-bond donors (Lipinski definition) is 0. The van der Waals surface area contributed by atoms with Crippen LogP contribution in [-0.4, -0.2) is 19.5 Å². The van der Waals surface area contributed by atoms with Gasteiger partial charge >= 0.3 is 0 Å². The molecule has 0 atom stereocenters. The molecule has 0 saturated heterocycles. The van der Waals surface area contributed by atoms with E-state index in [0.29, 0.717) is 17.5 Å². The zero-order valence-electron chi connectivity index (χ0n) is 34.0. The van der Waals surface area contributed by atoms with Crippen LogP contribution in [0.1, 0.15) is 0 Å². The van der Waals surface area contributed by atoms with Crippen molar-refractivity contribution in [3.8, 4) is 51.0 Å². The minimum Gasteiger partial charge on any atom is -0.456 e. The molecule has 64 heavy (non-hydrogen) atoms. The summed E-state index contributed by atoms with van der Waals surface area (Å²) in [7, 11) is 0. The molecule has 0 unspecified atom stereocenters. The topological polar surface area (TPSA) is 83.0 Å². The van der Waals surface area contributed by atoms with Crippen molar-refractivity contribution >= 4 is 87.6 Å². The molecule has 0 fully saturated rings. The van der Waals surface area contributed by atoms with Gasteiger partial charge in [0, 0.05) is 59.8 Å². The Morgan fingerprint density at radius 3 is 1.39 bits per heavy atom. The van der Waals surface area contributed by atoms with Crippen molar-refractivity contribution in [2.45, 2.75) is 0 Å². The number of furan rings is 3. The lowest BCUT2D eigenvalue weighted by Crippen LogP contribution is -2.00. The second-order valence-electron chi connectivity index (χ2n) is 16.3. The molecule has 0 bridgehead atoms. The molecule has 0 radical (unpaired) electrons. The predicted molar refractivity (Wildman–Crippen MR) is 258 cm³/mol. The van der Waals surface area contributed by atoms with Crippen molar-refractivity contribution in [2.24, 2.45) is 0 Å². The van der Waals surface area contributed by atoms with Crippen LogP contribution in [0.4, 0.5) is 0 Å². The highest BCUT2D eigenvalue weighted by atomic mass is 16.3. The van der Waals surface area contributed by atoms with Crippen molar-refractivity contribution in [2.75, 3.05) is 0 Å². The second kappa shape index (κ2) is 13.3. The van der Waals surface area contributed by atoms with Crippen molar-refractivity contribution < 1.29 is 13.3 Å². The molecule has 14 aromatic rings. The van der Waals surface area contributed by atoms with E-state index in [1.165, 1.54) is 10.8 Å². The lowest BCUT2D eigenvalue weighted by molar-refractivity contribution is 0.666. The molecular formula is C57H32N4O3. The van der Waals surface area contributed by atoms with Crippen LogP contribution in [0.2, 0.25) is 0 Å². The van der Waals surface area contributed by atoms with Crippen LogP contribution in [-0.2, 0) is 0 Å². The molecule has 0 aliphatic heterocycles. The number of nitrogens with zero attached hydrogens (tertiary/aromatic N) is 4. The highest BCUT2D eigenvalue weighted by molar-refractivity contribution is 6.17. The first-order valence-corrected chi connectivity index (χ1v) is 21.3. The zero-order chi connectivity index (χ0) is 41.9. The Bertz CT molecular complexity index is 4160. The van der Waals surface area contributed by atoms with Gasteiger partial charge in [-0.1, -0.05) is 127 Å². The Morgan fingerprint density at radius 2 is 0.766 bits per heavy atom. The van der Waals surface area contributed by atoms with Crippen molar-refractivity contribution in [1.29, 1.82) is 0 Å². The minimum absolute atomic E-state index is 0.550. The van der Waals surface area contributed by atoms with Crippen LogP contribution in [0.15, 0.2) is 207 Å².